The third-order valence-electron chi connectivity index (χ3n) is 5.11. The molecule has 1 aromatic rings. The first-order chi connectivity index (χ1) is 12.5. The van der Waals surface area contributed by atoms with Crippen molar-refractivity contribution in [2.24, 2.45) is 0 Å². The number of halogens is 2. The second-order valence-electron chi connectivity index (χ2n) is 7.07. The van der Waals surface area contributed by atoms with Crippen LogP contribution < -0.4 is 10.4 Å². The van der Waals surface area contributed by atoms with Gasteiger partial charge in [0.15, 0.2) is 0 Å². The van der Waals surface area contributed by atoms with Crippen LogP contribution in [0.4, 0.5) is 5.69 Å². The normalized spacial score (nSPS) is 21.2. The molecule has 0 bridgehead atoms. The van der Waals surface area contributed by atoms with Crippen molar-refractivity contribution in [3.8, 4) is 0 Å². The third kappa shape index (κ3) is 4.52. The Balaban J connectivity index is 1.48. The summed E-state index contributed by atoms with van der Waals surface area (Å²) in [6.07, 6.45) is 4.43. The zero-order valence-corrected chi connectivity index (χ0v) is 16.9. The monoisotopic (exact) mass is 396 g/mol. The Hall–Kier alpha value is -1.27. The van der Waals surface area contributed by atoms with Crippen LogP contribution in [0.25, 0.3) is 0 Å². The molecule has 2 aliphatic heterocycles. The van der Waals surface area contributed by atoms with E-state index in [1.165, 1.54) is 5.57 Å². The van der Waals surface area contributed by atoms with E-state index < -0.39 is 0 Å². The molecule has 142 valence electrons. The van der Waals surface area contributed by atoms with E-state index in [0.717, 1.165) is 44.7 Å². The summed E-state index contributed by atoms with van der Waals surface area (Å²) in [6.45, 7) is 5.71. The predicted octanol–water partition coefficient (Wildman–Crippen LogP) is 3.53. The number of piperazine rings is 1. The highest BCUT2D eigenvalue weighted by atomic mass is 35.5. The van der Waals surface area contributed by atoms with E-state index >= 15 is 0 Å². The summed E-state index contributed by atoms with van der Waals surface area (Å²) in [7, 11) is 2.10. The first-order valence-electron chi connectivity index (χ1n) is 9.10. The minimum absolute atomic E-state index is 0.213. The Bertz CT molecular complexity index is 686. The maximum absolute atomic E-state index is 12.4. The molecule has 1 amide bonds. The molecule has 0 saturated carbocycles. The molecule has 26 heavy (non-hydrogen) atoms. The lowest BCUT2D eigenvalue weighted by Crippen LogP contribution is -2.47. The fourth-order valence-electron chi connectivity index (χ4n) is 3.38. The highest BCUT2D eigenvalue weighted by molar-refractivity contribution is 6.43. The molecule has 1 aromatic carbocycles. The smallest absolute Gasteiger partial charge is 0.222 e. The number of nitrogens with one attached hydrogen (secondary N) is 1. The van der Waals surface area contributed by atoms with E-state index in [4.69, 9.17) is 23.2 Å². The molecule has 1 atom stereocenters. The van der Waals surface area contributed by atoms with Gasteiger partial charge in [0.1, 0.15) is 0 Å². The predicted molar refractivity (Wildman–Crippen MR) is 108 cm³/mol. The fraction of sp³-hybridized carbons (Fsp3) is 0.526. The second kappa shape index (κ2) is 8.61. The van der Waals surface area contributed by atoms with Gasteiger partial charge in [-0.3, -0.25) is 9.80 Å². The van der Waals surface area contributed by atoms with Gasteiger partial charge in [-0.2, -0.15) is 0 Å². The molecule has 2 heterocycles. The number of likely N-dealkylation sites (N-methyl/N-ethyl adjacent to an activating group) is 1. The second-order valence-corrected chi connectivity index (χ2v) is 7.86. The molecule has 2 aliphatic rings. The Labute approximate surface area is 165 Å². The number of hydrogen-bond acceptors (Lipinski definition) is 4. The van der Waals surface area contributed by atoms with E-state index in [2.05, 4.69) is 24.3 Å². The number of carbonyl (C=O) groups is 1. The number of hydrogen-bond donors (Lipinski definition) is 1. The third-order valence-corrected chi connectivity index (χ3v) is 5.92. The van der Waals surface area contributed by atoms with Gasteiger partial charge in [0.05, 0.1) is 15.7 Å². The lowest BCUT2D eigenvalue weighted by molar-refractivity contribution is -0.132. The maximum Gasteiger partial charge on any atom is 0.222 e. The minimum Gasteiger partial charge on any atom is -0.340 e. The number of nitrogens with zero attached hydrogens (tertiary/aromatic N) is 3. The van der Waals surface area contributed by atoms with Crippen molar-refractivity contribution in [3.63, 3.8) is 0 Å². The maximum atomic E-state index is 12.4. The van der Waals surface area contributed by atoms with E-state index in [1.54, 1.807) is 6.07 Å². The van der Waals surface area contributed by atoms with Crippen LogP contribution in [0.5, 0.6) is 0 Å². The molecule has 1 unspecified atom stereocenters. The van der Waals surface area contributed by atoms with Crippen LogP contribution in [0, 0.1) is 0 Å². The van der Waals surface area contributed by atoms with Gasteiger partial charge in [-0.1, -0.05) is 29.3 Å². The Morgan fingerprint density at radius 1 is 1.23 bits per heavy atom. The van der Waals surface area contributed by atoms with Crippen molar-refractivity contribution in [3.05, 3.63) is 40.0 Å². The average molecular weight is 397 g/mol. The van der Waals surface area contributed by atoms with Crippen LogP contribution >= 0.6 is 23.2 Å². The molecule has 1 fully saturated rings. The van der Waals surface area contributed by atoms with Gasteiger partial charge in [-0.15, -0.1) is 0 Å². The summed E-state index contributed by atoms with van der Waals surface area (Å²) < 4.78 is 0. The van der Waals surface area contributed by atoms with E-state index in [9.17, 15) is 4.79 Å². The number of hydrazine groups is 1. The molecule has 1 saturated heterocycles. The highest BCUT2D eigenvalue weighted by Crippen LogP contribution is 2.34. The van der Waals surface area contributed by atoms with Crippen LogP contribution in [0.3, 0.4) is 0 Å². The van der Waals surface area contributed by atoms with E-state index in [1.807, 2.05) is 28.2 Å². The summed E-state index contributed by atoms with van der Waals surface area (Å²) in [5.41, 5.74) is 5.52. The van der Waals surface area contributed by atoms with Crippen molar-refractivity contribution in [1.29, 1.82) is 0 Å². The number of rotatable bonds is 5. The highest BCUT2D eigenvalue weighted by Gasteiger charge is 2.24. The van der Waals surface area contributed by atoms with Gasteiger partial charge in [-0.05, 0) is 44.5 Å². The Kier molecular flexibility index (Phi) is 6.46. The van der Waals surface area contributed by atoms with Crippen molar-refractivity contribution in [2.45, 2.75) is 32.2 Å². The number of carbonyl (C=O) groups excluding carboxylic acids is 1. The van der Waals surface area contributed by atoms with Crippen LogP contribution in [0.1, 0.15) is 26.2 Å². The van der Waals surface area contributed by atoms with E-state index in [-0.39, 0.29) is 11.9 Å². The Morgan fingerprint density at radius 3 is 2.69 bits per heavy atom. The van der Waals surface area contributed by atoms with Crippen molar-refractivity contribution in [2.75, 3.05) is 38.2 Å². The van der Waals surface area contributed by atoms with Gasteiger partial charge < -0.3 is 9.80 Å². The zero-order valence-electron chi connectivity index (χ0n) is 15.3. The molecule has 0 aromatic heterocycles. The number of anilines is 1. The summed E-state index contributed by atoms with van der Waals surface area (Å²) in [6, 6.07) is 5.81. The van der Waals surface area contributed by atoms with Crippen LogP contribution in [-0.2, 0) is 4.79 Å². The Morgan fingerprint density at radius 2 is 1.96 bits per heavy atom. The first-order valence-corrected chi connectivity index (χ1v) is 9.85. The molecule has 0 radical (unpaired) electrons. The molecule has 0 spiro atoms. The van der Waals surface area contributed by atoms with Gasteiger partial charge in [0.2, 0.25) is 5.91 Å². The molecule has 0 aliphatic carbocycles. The summed E-state index contributed by atoms with van der Waals surface area (Å²) in [4.78, 5) is 16.6. The lowest BCUT2D eigenvalue weighted by atomic mass is 10.0. The van der Waals surface area contributed by atoms with Crippen molar-refractivity contribution < 1.29 is 4.79 Å². The van der Waals surface area contributed by atoms with Crippen LogP contribution in [-0.4, -0.2) is 55.0 Å². The van der Waals surface area contributed by atoms with Crippen LogP contribution in [0.2, 0.25) is 10.0 Å². The number of benzene rings is 1. The van der Waals surface area contributed by atoms with Crippen molar-refractivity contribution >= 4 is 34.8 Å². The first kappa shape index (κ1) is 19.5. The quantitative estimate of drug-likeness (QED) is 0.825. The molecule has 5 nitrogen and oxygen atoms in total. The number of amides is 1. The van der Waals surface area contributed by atoms with Gasteiger partial charge >= 0.3 is 0 Å². The summed E-state index contributed by atoms with van der Waals surface area (Å²) >= 11 is 12.4. The summed E-state index contributed by atoms with van der Waals surface area (Å²) in [5.74, 6) is 0.271. The minimum atomic E-state index is 0.213. The molecule has 1 N–H and O–H groups in total. The summed E-state index contributed by atoms with van der Waals surface area (Å²) in [5, 5.41) is 3.01. The zero-order chi connectivity index (χ0) is 18.7. The average Bonchev–Trinajstić information content (AvgIpc) is 2.98. The van der Waals surface area contributed by atoms with Gasteiger partial charge in [0.25, 0.3) is 0 Å². The topological polar surface area (TPSA) is 38.8 Å². The standard InChI is InChI=1S/C19H26Cl2N4O/c1-14-13-25(17-7-3-5-15(20)19(17)21)22-16(14)6-4-8-18(26)24-11-9-23(2)10-12-24/h3,5,7,13,16,22H,4,6,8-12H2,1-2H3. The largest absolute Gasteiger partial charge is 0.340 e. The van der Waals surface area contributed by atoms with Gasteiger partial charge in [0, 0.05) is 44.8 Å². The molecular weight excluding hydrogens is 371 g/mol. The van der Waals surface area contributed by atoms with Crippen molar-refractivity contribution in [1.82, 2.24) is 15.2 Å². The molecule has 7 heteroatoms. The van der Waals surface area contributed by atoms with E-state index in [0.29, 0.717) is 16.5 Å². The SMILES string of the molecule is CC1=CN(c2cccc(Cl)c2Cl)NC1CCCC(=O)N1CCN(C)CC1. The molecule has 3 rings (SSSR count). The lowest BCUT2D eigenvalue weighted by Gasteiger charge is -2.32. The molecular formula is C19H26Cl2N4O. The fourth-order valence-corrected chi connectivity index (χ4v) is 3.77. The van der Waals surface area contributed by atoms with Gasteiger partial charge in [-0.25, -0.2) is 5.43 Å². The van der Waals surface area contributed by atoms with Crippen LogP contribution in [0.15, 0.2) is 30.0 Å².